The number of hydrogen-bond acceptors (Lipinski definition) is 4. The van der Waals surface area contributed by atoms with E-state index in [0.717, 1.165) is 50.6 Å². The third-order valence-corrected chi connectivity index (χ3v) is 12.5. The van der Waals surface area contributed by atoms with Crippen LogP contribution in [0.3, 0.4) is 0 Å². The van der Waals surface area contributed by atoms with Crippen LogP contribution in [-0.4, -0.2) is 9.55 Å². The van der Waals surface area contributed by atoms with Gasteiger partial charge in [0.1, 0.15) is 5.82 Å². The molecule has 2 aromatic heterocycles. The zero-order valence-electron chi connectivity index (χ0n) is 39.4. The van der Waals surface area contributed by atoms with Gasteiger partial charge in [-0.2, -0.15) is 6.07 Å². The van der Waals surface area contributed by atoms with Gasteiger partial charge in [-0.05, 0) is 86.3 Å². The molecule has 8 aromatic rings. The van der Waals surface area contributed by atoms with Crippen LogP contribution in [0.4, 0.5) is 22.7 Å². The zero-order valence-corrected chi connectivity index (χ0v) is 41.6. The Kier molecular flexibility index (Phi) is 12.4. The first-order chi connectivity index (χ1) is 29.4. The van der Waals surface area contributed by atoms with Gasteiger partial charge in [-0.15, -0.1) is 53.6 Å². The molecule has 0 saturated heterocycles. The van der Waals surface area contributed by atoms with E-state index in [9.17, 15) is 0 Å². The molecule has 0 amide bonds. The van der Waals surface area contributed by atoms with E-state index in [2.05, 4.69) is 237 Å². The third-order valence-electron chi connectivity index (χ3n) is 12.5. The second kappa shape index (κ2) is 17.1. The van der Waals surface area contributed by atoms with Gasteiger partial charge in [-0.25, -0.2) is 4.98 Å². The van der Waals surface area contributed by atoms with Crippen molar-refractivity contribution in [3.8, 4) is 17.3 Å². The standard InChI is InChI=1S/C57H57N4O.CH3.Pt/c1-54(2,3)39-24-27-49-48(33-39)47-26-25-45(36-52(47)61(49)53-34-40(28-29-58-53)55(4,5)6)62-46-32-42(56(7,8)9)31-44(35-46)60-37-59(50-22-15-16-23-51(50)60)43-21-17-20-41(30-43)57(10,11)38-18-13-12-14-19-38;;/h12-34,37H,1-11H3;1H3;/q-3;-1;+4. The Labute approximate surface area is 396 Å². The molecular formula is C58H60N4OPt. The van der Waals surface area contributed by atoms with Crippen molar-refractivity contribution < 1.29 is 25.8 Å². The third kappa shape index (κ3) is 8.64. The minimum atomic E-state index is -0.173. The second-order valence-corrected chi connectivity index (χ2v) is 20.4. The van der Waals surface area contributed by atoms with Gasteiger partial charge in [-0.3, -0.25) is 0 Å². The number of pyridine rings is 1. The number of para-hydroxylation sites is 2. The first kappa shape index (κ1) is 46.4. The molecule has 0 spiro atoms. The van der Waals surface area contributed by atoms with Crippen molar-refractivity contribution in [2.45, 2.75) is 97.8 Å². The Morgan fingerprint density at radius 3 is 1.84 bits per heavy atom. The molecule has 5 nitrogen and oxygen atoms in total. The number of hydrogen-bond donors (Lipinski definition) is 0. The molecule has 1 aliphatic rings. The van der Waals surface area contributed by atoms with Gasteiger partial charge in [0.15, 0.2) is 0 Å². The molecule has 0 N–H and O–H groups in total. The first-order valence-electron chi connectivity index (χ1n) is 21.8. The van der Waals surface area contributed by atoms with Gasteiger partial charge in [-0.1, -0.05) is 148 Å². The Morgan fingerprint density at radius 2 is 1.16 bits per heavy atom. The topological polar surface area (TPSA) is 33.5 Å². The normalized spacial score (nSPS) is 13.2. The van der Waals surface area contributed by atoms with Gasteiger partial charge in [0, 0.05) is 45.7 Å². The van der Waals surface area contributed by atoms with Crippen LogP contribution in [-0.2, 0) is 42.7 Å². The van der Waals surface area contributed by atoms with Crippen molar-refractivity contribution in [2.75, 3.05) is 9.80 Å². The molecule has 6 heteroatoms. The quantitative estimate of drug-likeness (QED) is 0.149. The molecule has 0 saturated carbocycles. The summed E-state index contributed by atoms with van der Waals surface area (Å²) in [6, 6.07) is 55.3. The summed E-state index contributed by atoms with van der Waals surface area (Å²) in [7, 11) is 0. The molecule has 64 heavy (non-hydrogen) atoms. The summed E-state index contributed by atoms with van der Waals surface area (Å²) in [5, 5.41) is 2.28. The minimum absolute atomic E-state index is 0. The molecule has 0 atom stereocenters. The van der Waals surface area contributed by atoms with Gasteiger partial charge >= 0.3 is 21.1 Å². The van der Waals surface area contributed by atoms with Crippen molar-refractivity contribution >= 4 is 44.6 Å². The Hall–Kier alpha value is -5.64. The summed E-state index contributed by atoms with van der Waals surface area (Å²) in [4.78, 5) is 9.45. The Bertz CT molecular complexity index is 2960. The number of anilines is 4. The Morgan fingerprint density at radius 1 is 0.516 bits per heavy atom. The largest absolute Gasteiger partial charge is 4.00 e. The van der Waals surface area contributed by atoms with Crippen LogP contribution in [0.5, 0.6) is 11.5 Å². The van der Waals surface area contributed by atoms with Gasteiger partial charge in [0.25, 0.3) is 0 Å². The van der Waals surface area contributed by atoms with Gasteiger partial charge < -0.3 is 26.5 Å². The molecule has 3 heterocycles. The van der Waals surface area contributed by atoms with E-state index in [1.165, 1.54) is 27.6 Å². The second-order valence-electron chi connectivity index (χ2n) is 20.4. The smallest absolute Gasteiger partial charge is 0.509 e. The van der Waals surface area contributed by atoms with E-state index >= 15 is 0 Å². The molecule has 6 aromatic carbocycles. The SMILES string of the molecule is CC(C)(C)c1cc(Oc2[c-]c3c(cc2)c2cc(C(C)(C)C)ccc2n3-c2cc(C(C)(C)C)ccn2)[c-]c(N2[CH-]N(c3cccc(C(C)(C)c4ccccc4)c3)c3ccccc32)c1.[CH3-].[Pt+4]. The van der Waals surface area contributed by atoms with E-state index in [1.54, 1.807) is 0 Å². The van der Waals surface area contributed by atoms with Crippen LogP contribution in [0.1, 0.15) is 104 Å². The molecule has 0 bridgehead atoms. The van der Waals surface area contributed by atoms with Crippen molar-refractivity contribution in [1.29, 1.82) is 0 Å². The molecule has 328 valence electrons. The molecule has 1 aliphatic heterocycles. The van der Waals surface area contributed by atoms with E-state index < -0.39 is 0 Å². The zero-order chi connectivity index (χ0) is 43.8. The molecule has 0 fully saturated rings. The fourth-order valence-corrected chi connectivity index (χ4v) is 8.54. The average molecular weight is 1020 g/mol. The van der Waals surface area contributed by atoms with Gasteiger partial charge in [0.05, 0.1) is 0 Å². The van der Waals surface area contributed by atoms with Crippen LogP contribution >= 0.6 is 0 Å². The first-order valence-corrected chi connectivity index (χ1v) is 21.8. The van der Waals surface area contributed by atoms with Crippen LogP contribution in [0.25, 0.3) is 27.6 Å². The maximum Gasteiger partial charge on any atom is 4.00 e. The summed E-state index contributed by atoms with van der Waals surface area (Å²) >= 11 is 0. The fourth-order valence-electron chi connectivity index (χ4n) is 8.54. The van der Waals surface area contributed by atoms with Gasteiger partial charge in [0.2, 0.25) is 0 Å². The van der Waals surface area contributed by atoms with Crippen molar-refractivity contribution in [1.82, 2.24) is 9.55 Å². The maximum absolute atomic E-state index is 6.86. The Balaban J connectivity index is 0.00000306. The number of fused-ring (bicyclic) bond motifs is 4. The monoisotopic (exact) mass is 1020 g/mol. The van der Waals surface area contributed by atoms with Crippen molar-refractivity contribution in [2.24, 2.45) is 0 Å². The van der Waals surface area contributed by atoms with Crippen LogP contribution in [0, 0.1) is 26.2 Å². The predicted molar refractivity (Wildman–Crippen MR) is 265 cm³/mol. The summed E-state index contributed by atoms with van der Waals surface area (Å²) in [5.41, 5.74) is 12.0. The molecule has 0 radical (unpaired) electrons. The average Bonchev–Trinajstić information content (AvgIpc) is 3.79. The maximum atomic E-state index is 6.86. The number of aromatic nitrogens is 2. The van der Waals surface area contributed by atoms with Crippen molar-refractivity contribution in [3.05, 3.63) is 194 Å². The van der Waals surface area contributed by atoms with Crippen LogP contribution in [0.15, 0.2) is 140 Å². The summed E-state index contributed by atoms with van der Waals surface area (Å²) in [6.45, 7) is 27.0. The molecule has 0 unspecified atom stereocenters. The van der Waals surface area contributed by atoms with E-state index in [-0.39, 0.29) is 50.2 Å². The predicted octanol–water partition coefficient (Wildman–Crippen LogP) is 15.6. The van der Waals surface area contributed by atoms with E-state index in [4.69, 9.17) is 9.72 Å². The minimum Gasteiger partial charge on any atom is -0.509 e. The molecule has 9 rings (SSSR count). The number of nitrogens with zero attached hydrogens (tertiary/aromatic N) is 4. The summed E-state index contributed by atoms with van der Waals surface area (Å²) < 4.78 is 9.10. The van der Waals surface area contributed by atoms with Crippen LogP contribution < -0.4 is 14.5 Å². The number of rotatable bonds is 7. The summed E-state index contributed by atoms with van der Waals surface area (Å²) in [5.74, 6) is 2.10. The van der Waals surface area contributed by atoms with E-state index in [1.807, 2.05) is 12.3 Å². The number of ether oxygens (including phenoxy) is 1. The van der Waals surface area contributed by atoms with E-state index in [0.29, 0.717) is 11.5 Å². The molecular weight excluding hydrogens is 964 g/mol. The molecule has 0 aliphatic carbocycles. The number of benzene rings is 6. The summed E-state index contributed by atoms with van der Waals surface area (Å²) in [6.07, 6.45) is 1.92. The van der Waals surface area contributed by atoms with Crippen molar-refractivity contribution in [3.63, 3.8) is 0 Å². The fraction of sp³-hybridized carbons (Fsp3) is 0.259. The van der Waals surface area contributed by atoms with Crippen LogP contribution in [0.2, 0.25) is 0 Å².